The van der Waals surface area contributed by atoms with Crippen LogP contribution >= 0.6 is 0 Å². The summed E-state index contributed by atoms with van der Waals surface area (Å²) in [5.41, 5.74) is 6.32. The first-order valence-electron chi connectivity index (χ1n) is 10.6. The summed E-state index contributed by atoms with van der Waals surface area (Å²) in [5.74, 6) is 0.124. The predicted molar refractivity (Wildman–Crippen MR) is 121 cm³/mol. The van der Waals surface area contributed by atoms with Gasteiger partial charge in [0.05, 0.1) is 16.9 Å². The maximum Gasteiger partial charge on any atom is 0.416 e. The molecule has 0 aliphatic carbocycles. The van der Waals surface area contributed by atoms with Crippen LogP contribution in [0.25, 0.3) is 0 Å². The van der Waals surface area contributed by atoms with Gasteiger partial charge in [0.2, 0.25) is 0 Å². The molecule has 1 aliphatic heterocycles. The van der Waals surface area contributed by atoms with Gasteiger partial charge in [-0.3, -0.25) is 0 Å². The van der Waals surface area contributed by atoms with Crippen molar-refractivity contribution in [2.75, 3.05) is 24.1 Å². The number of likely N-dealkylation sites (tertiary alicyclic amines) is 1. The van der Waals surface area contributed by atoms with E-state index in [9.17, 15) is 18.0 Å². The van der Waals surface area contributed by atoms with Crippen molar-refractivity contribution in [2.45, 2.75) is 45.9 Å². The lowest BCUT2D eigenvalue weighted by molar-refractivity contribution is -0.137. The Kier molecular flexibility index (Phi) is 6.58. The van der Waals surface area contributed by atoms with Gasteiger partial charge in [0.15, 0.2) is 0 Å². The summed E-state index contributed by atoms with van der Waals surface area (Å²) in [4.78, 5) is 18.1. The lowest BCUT2D eigenvalue weighted by atomic mass is 9.87. The molecule has 1 aliphatic rings. The fraction of sp³-hybridized carbons (Fsp3) is 0.435. The van der Waals surface area contributed by atoms with Crippen LogP contribution in [0.4, 0.5) is 35.2 Å². The molecule has 2 aromatic rings. The number of nitrogen functional groups attached to an aromatic ring is 1. The number of anilines is 3. The first-order chi connectivity index (χ1) is 15.3. The van der Waals surface area contributed by atoms with Gasteiger partial charge < -0.3 is 26.1 Å². The van der Waals surface area contributed by atoms with Gasteiger partial charge in [0, 0.05) is 36.5 Å². The van der Waals surface area contributed by atoms with Gasteiger partial charge in [-0.15, -0.1) is 0 Å². The fourth-order valence-corrected chi connectivity index (χ4v) is 3.51. The van der Waals surface area contributed by atoms with Crippen LogP contribution in [0, 0.1) is 11.3 Å². The number of nitrogens with zero attached hydrogens (tertiary/aromatic N) is 2. The number of pyridine rings is 1. The summed E-state index contributed by atoms with van der Waals surface area (Å²) in [6, 6.07) is 4.86. The fourth-order valence-electron chi connectivity index (χ4n) is 3.51. The van der Waals surface area contributed by atoms with Crippen LogP contribution in [0.2, 0.25) is 0 Å². The molecular weight excluding hydrogens is 435 g/mol. The second-order valence-electron chi connectivity index (χ2n) is 8.97. The molecule has 1 aromatic heterocycles. The van der Waals surface area contributed by atoms with Crippen LogP contribution in [0.15, 0.2) is 30.5 Å². The van der Waals surface area contributed by atoms with Crippen molar-refractivity contribution in [3.63, 3.8) is 0 Å². The van der Waals surface area contributed by atoms with Crippen molar-refractivity contribution >= 4 is 29.0 Å². The molecule has 1 saturated heterocycles. The van der Waals surface area contributed by atoms with Crippen molar-refractivity contribution in [1.82, 2.24) is 9.88 Å². The minimum atomic E-state index is -4.50. The molecule has 33 heavy (non-hydrogen) atoms. The van der Waals surface area contributed by atoms with Gasteiger partial charge in [0.25, 0.3) is 0 Å². The second kappa shape index (κ2) is 8.92. The number of nitrogens with one attached hydrogen (secondary N) is 2. The summed E-state index contributed by atoms with van der Waals surface area (Å²) < 4.78 is 44.2. The minimum Gasteiger partial charge on any atom is -0.444 e. The Morgan fingerprint density at radius 3 is 2.48 bits per heavy atom. The normalized spacial score (nSPS) is 14.6. The van der Waals surface area contributed by atoms with E-state index in [0.29, 0.717) is 36.6 Å². The van der Waals surface area contributed by atoms with Crippen LogP contribution < -0.4 is 11.1 Å². The first-order valence-corrected chi connectivity index (χ1v) is 10.6. The van der Waals surface area contributed by atoms with E-state index in [1.165, 1.54) is 11.0 Å². The number of benzene rings is 1. The molecule has 1 amide bonds. The van der Waals surface area contributed by atoms with E-state index in [1.54, 1.807) is 33.0 Å². The van der Waals surface area contributed by atoms with E-state index in [-0.39, 0.29) is 17.3 Å². The molecule has 0 atom stereocenters. The maximum absolute atomic E-state index is 13.0. The van der Waals surface area contributed by atoms with Crippen LogP contribution in [-0.4, -0.2) is 40.4 Å². The number of aryl methyl sites for hydroxylation is 1. The smallest absolute Gasteiger partial charge is 0.416 e. The maximum atomic E-state index is 13.0. The second-order valence-corrected chi connectivity index (χ2v) is 8.97. The van der Waals surface area contributed by atoms with E-state index in [1.807, 2.05) is 6.92 Å². The largest absolute Gasteiger partial charge is 0.444 e. The minimum absolute atomic E-state index is 0.0780. The van der Waals surface area contributed by atoms with Gasteiger partial charge in [-0.2, -0.15) is 13.2 Å². The topological polar surface area (TPSA) is 104 Å². The third-order valence-electron chi connectivity index (χ3n) is 5.26. The van der Waals surface area contributed by atoms with Crippen LogP contribution in [0.1, 0.15) is 44.4 Å². The Morgan fingerprint density at radius 2 is 1.94 bits per heavy atom. The van der Waals surface area contributed by atoms with E-state index in [2.05, 4.69) is 10.3 Å². The quantitative estimate of drug-likeness (QED) is 0.416. The molecule has 3 rings (SSSR count). The zero-order chi connectivity index (χ0) is 24.6. The summed E-state index contributed by atoms with van der Waals surface area (Å²) in [7, 11) is 0. The molecule has 0 spiro atoms. The zero-order valence-electron chi connectivity index (χ0n) is 19.0. The predicted octanol–water partition coefficient (Wildman–Crippen LogP) is 5.22. The molecule has 0 bridgehead atoms. The third kappa shape index (κ3) is 5.55. The van der Waals surface area contributed by atoms with Gasteiger partial charge in [-0.25, -0.2) is 9.78 Å². The zero-order valence-corrected chi connectivity index (χ0v) is 19.0. The standard InChI is InChI=1S/C23H28F3N5O2/c1-5-13-8-9-29-20(30-17-7-6-15(10-16(17)27)23(24,25)26)18(13)19(28)14-11-31(12-14)21(32)33-22(2,3)4/h6-10,14,28H,5,11-12,27H2,1-4H3,(H,29,30). The molecule has 178 valence electrons. The summed E-state index contributed by atoms with van der Waals surface area (Å²) in [5, 5.41) is 11.8. The van der Waals surface area contributed by atoms with Gasteiger partial charge >= 0.3 is 12.3 Å². The van der Waals surface area contributed by atoms with Crippen molar-refractivity contribution in [3.8, 4) is 0 Å². The highest BCUT2D eigenvalue weighted by Crippen LogP contribution is 2.35. The van der Waals surface area contributed by atoms with E-state index in [4.69, 9.17) is 15.9 Å². The van der Waals surface area contributed by atoms with Crippen molar-refractivity contribution in [2.24, 2.45) is 5.92 Å². The summed E-state index contributed by atoms with van der Waals surface area (Å²) in [6.45, 7) is 7.99. The SMILES string of the molecule is CCc1ccnc(Nc2ccc(C(F)(F)F)cc2N)c1C(=N)C1CN(C(=O)OC(C)(C)C)C1. The van der Waals surface area contributed by atoms with Gasteiger partial charge in [0.1, 0.15) is 11.4 Å². The van der Waals surface area contributed by atoms with E-state index in [0.717, 1.165) is 17.7 Å². The lowest BCUT2D eigenvalue weighted by Gasteiger charge is -2.40. The number of alkyl halides is 3. The average Bonchev–Trinajstić information content (AvgIpc) is 2.65. The molecule has 2 heterocycles. The highest BCUT2D eigenvalue weighted by Gasteiger charge is 2.38. The highest BCUT2D eigenvalue weighted by molar-refractivity contribution is 6.06. The highest BCUT2D eigenvalue weighted by atomic mass is 19.4. The Morgan fingerprint density at radius 1 is 1.27 bits per heavy atom. The molecule has 7 nitrogen and oxygen atoms in total. The molecule has 0 saturated carbocycles. The number of amides is 1. The molecule has 10 heteroatoms. The van der Waals surface area contributed by atoms with Crippen molar-refractivity contribution < 1.29 is 22.7 Å². The van der Waals surface area contributed by atoms with E-state index >= 15 is 0 Å². The van der Waals surface area contributed by atoms with Crippen LogP contribution in [0.3, 0.4) is 0 Å². The van der Waals surface area contributed by atoms with Gasteiger partial charge in [-0.05, 0) is 57.0 Å². The Hall–Kier alpha value is -3.30. The van der Waals surface area contributed by atoms with Gasteiger partial charge in [-0.1, -0.05) is 6.92 Å². The Labute approximate surface area is 190 Å². The molecular formula is C23H28F3N5O2. The Bertz CT molecular complexity index is 1060. The number of aromatic nitrogens is 1. The molecule has 0 radical (unpaired) electrons. The lowest BCUT2D eigenvalue weighted by Crippen LogP contribution is -2.54. The summed E-state index contributed by atoms with van der Waals surface area (Å²) in [6.07, 6.45) is -2.72. The number of nitrogens with two attached hydrogens (primary N) is 1. The number of carbonyl (C=O) groups is 1. The number of halogens is 3. The van der Waals surface area contributed by atoms with Crippen LogP contribution in [-0.2, 0) is 17.3 Å². The monoisotopic (exact) mass is 463 g/mol. The Balaban J connectivity index is 1.82. The molecule has 4 N–H and O–H groups in total. The van der Waals surface area contributed by atoms with Crippen LogP contribution in [0.5, 0.6) is 0 Å². The number of rotatable bonds is 5. The number of ether oxygens (including phenoxy) is 1. The van der Waals surface area contributed by atoms with Crippen molar-refractivity contribution in [3.05, 3.63) is 47.2 Å². The molecule has 1 aromatic carbocycles. The third-order valence-corrected chi connectivity index (χ3v) is 5.26. The van der Waals surface area contributed by atoms with Crippen molar-refractivity contribution in [1.29, 1.82) is 5.41 Å². The average molecular weight is 464 g/mol. The summed E-state index contributed by atoms with van der Waals surface area (Å²) >= 11 is 0. The number of carbonyl (C=O) groups excluding carboxylic acids is 1. The first kappa shape index (κ1) is 24.3. The number of hydrogen-bond donors (Lipinski definition) is 3. The number of hydrogen-bond acceptors (Lipinski definition) is 6. The van der Waals surface area contributed by atoms with E-state index < -0.39 is 23.4 Å². The molecule has 0 unspecified atom stereocenters. The molecule has 1 fully saturated rings.